The van der Waals surface area contributed by atoms with Crippen molar-refractivity contribution in [2.75, 3.05) is 0 Å². The summed E-state index contributed by atoms with van der Waals surface area (Å²) in [7, 11) is 0. The van der Waals surface area contributed by atoms with E-state index in [0.717, 1.165) is 46.2 Å². The number of rotatable bonds is 4. The Morgan fingerprint density at radius 1 is 1.03 bits per heavy atom. The van der Waals surface area contributed by atoms with Crippen LogP contribution in [-0.2, 0) is 19.4 Å². The number of nitrogens with one attached hydrogen (secondary N) is 3. The molecule has 7 heteroatoms. The van der Waals surface area contributed by atoms with Crippen LogP contribution in [0.5, 0.6) is 0 Å². The van der Waals surface area contributed by atoms with E-state index in [4.69, 9.17) is 4.98 Å². The lowest BCUT2D eigenvalue weighted by Gasteiger charge is -2.22. The number of hydrogen-bond donors (Lipinski definition) is 3. The van der Waals surface area contributed by atoms with Gasteiger partial charge >= 0.3 is 0 Å². The molecule has 1 aliphatic carbocycles. The van der Waals surface area contributed by atoms with Gasteiger partial charge < -0.3 is 10.3 Å². The fourth-order valence-corrected chi connectivity index (χ4v) is 4.73. The molecular weight excluding hydrogens is 400 g/mol. The lowest BCUT2D eigenvalue weighted by molar-refractivity contribution is 0.0950. The second-order valence-electron chi connectivity index (χ2n) is 8.24. The average Bonchev–Trinajstić information content (AvgIpc) is 3.54. The van der Waals surface area contributed by atoms with Crippen molar-refractivity contribution in [3.05, 3.63) is 77.5 Å². The molecule has 3 aromatic heterocycles. The summed E-state index contributed by atoms with van der Waals surface area (Å²) in [5, 5.41) is 12.6. The molecule has 0 aliphatic heterocycles. The summed E-state index contributed by atoms with van der Waals surface area (Å²) < 4.78 is 0. The van der Waals surface area contributed by atoms with Crippen molar-refractivity contribution in [2.24, 2.45) is 0 Å². The lowest BCUT2D eigenvalue weighted by atomic mass is 9.85. The van der Waals surface area contributed by atoms with Crippen LogP contribution >= 0.6 is 0 Å². The summed E-state index contributed by atoms with van der Waals surface area (Å²) in [4.78, 5) is 24.6. The summed E-state index contributed by atoms with van der Waals surface area (Å²) in [6, 6.07) is 11.9. The van der Waals surface area contributed by atoms with E-state index >= 15 is 0 Å². The van der Waals surface area contributed by atoms with Crippen molar-refractivity contribution in [1.82, 2.24) is 30.5 Å². The number of fused-ring (bicyclic) bond motifs is 5. The molecule has 0 bridgehead atoms. The van der Waals surface area contributed by atoms with Crippen LogP contribution in [0.25, 0.3) is 33.1 Å². The smallest absolute Gasteiger partial charge is 0.251 e. The molecule has 6 rings (SSSR count). The van der Waals surface area contributed by atoms with Crippen LogP contribution in [0.4, 0.5) is 0 Å². The number of aromatic amines is 2. The van der Waals surface area contributed by atoms with Gasteiger partial charge in [0.15, 0.2) is 0 Å². The van der Waals surface area contributed by atoms with Crippen LogP contribution in [0, 0.1) is 0 Å². The van der Waals surface area contributed by atoms with E-state index < -0.39 is 0 Å². The molecule has 32 heavy (non-hydrogen) atoms. The van der Waals surface area contributed by atoms with Gasteiger partial charge in [-0.25, -0.2) is 9.97 Å². The highest BCUT2D eigenvalue weighted by atomic mass is 16.1. The molecule has 5 aromatic rings. The maximum atomic E-state index is 12.5. The van der Waals surface area contributed by atoms with E-state index in [1.165, 1.54) is 29.4 Å². The van der Waals surface area contributed by atoms with Gasteiger partial charge in [0.1, 0.15) is 0 Å². The highest BCUT2D eigenvalue weighted by Crippen LogP contribution is 2.37. The van der Waals surface area contributed by atoms with Crippen LogP contribution in [0.1, 0.15) is 40.0 Å². The van der Waals surface area contributed by atoms with Gasteiger partial charge in [0.25, 0.3) is 5.91 Å². The number of aromatic nitrogens is 5. The van der Waals surface area contributed by atoms with Crippen LogP contribution in [0.2, 0.25) is 0 Å². The van der Waals surface area contributed by atoms with Crippen LogP contribution in [-0.4, -0.2) is 31.1 Å². The van der Waals surface area contributed by atoms with E-state index in [1.54, 1.807) is 12.5 Å². The maximum Gasteiger partial charge on any atom is 0.251 e. The Bertz CT molecular complexity index is 1430. The van der Waals surface area contributed by atoms with Crippen molar-refractivity contribution in [2.45, 2.75) is 32.2 Å². The molecule has 2 aromatic carbocycles. The number of amides is 1. The third kappa shape index (κ3) is 3.13. The zero-order valence-corrected chi connectivity index (χ0v) is 17.5. The summed E-state index contributed by atoms with van der Waals surface area (Å²) in [5.74, 6) is -0.115. The van der Waals surface area contributed by atoms with Gasteiger partial charge in [0, 0.05) is 28.1 Å². The molecule has 0 unspecified atom stereocenters. The van der Waals surface area contributed by atoms with Gasteiger partial charge in [-0.1, -0.05) is 12.1 Å². The van der Waals surface area contributed by atoms with Gasteiger partial charge in [0.2, 0.25) is 0 Å². The first-order valence-electron chi connectivity index (χ1n) is 10.9. The Hall–Kier alpha value is -4.00. The van der Waals surface area contributed by atoms with Crippen molar-refractivity contribution in [3.63, 3.8) is 0 Å². The summed E-state index contributed by atoms with van der Waals surface area (Å²) >= 11 is 0. The van der Waals surface area contributed by atoms with Gasteiger partial charge in [-0.3, -0.25) is 9.89 Å². The molecular formula is C25H22N6O. The van der Waals surface area contributed by atoms with Crippen LogP contribution in [0.15, 0.2) is 55.1 Å². The van der Waals surface area contributed by atoms with Crippen LogP contribution < -0.4 is 5.32 Å². The number of nitrogens with zero attached hydrogens (tertiary/aromatic N) is 3. The predicted octanol–water partition coefficient (Wildman–Crippen LogP) is 4.31. The van der Waals surface area contributed by atoms with Crippen molar-refractivity contribution in [3.8, 4) is 11.3 Å². The van der Waals surface area contributed by atoms with Gasteiger partial charge in [-0.2, -0.15) is 5.10 Å². The third-order valence-electron chi connectivity index (χ3n) is 6.30. The highest BCUT2D eigenvalue weighted by Gasteiger charge is 2.21. The van der Waals surface area contributed by atoms with Gasteiger partial charge in [-0.15, -0.1) is 0 Å². The molecule has 0 radical (unpaired) electrons. The molecule has 0 saturated carbocycles. The number of pyridine rings is 1. The van der Waals surface area contributed by atoms with E-state index in [-0.39, 0.29) is 5.91 Å². The molecule has 0 saturated heterocycles. The fraction of sp³-hybridized carbons (Fsp3) is 0.200. The van der Waals surface area contributed by atoms with Crippen LogP contribution in [0.3, 0.4) is 0 Å². The lowest BCUT2D eigenvalue weighted by Crippen LogP contribution is -2.22. The van der Waals surface area contributed by atoms with Crippen molar-refractivity contribution in [1.29, 1.82) is 0 Å². The number of H-pyrrole nitrogens is 2. The largest absolute Gasteiger partial charge is 0.351 e. The Labute approximate surface area is 184 Å². The molecule has 0 atom stereocenters. The summed E-state index contributed by atoms with van der Waals surface area (Å²) in [6.45, 7) is 0.395. The summed E-state index contributed by atoms with van der Waals surface area (Å²) in [5.41, 5.74) is 8.25. The van der Waals surface area contributed by atoms with E-state index in [9.17, 15) is 4.79 Å². The Kier molecular flexibility index (Phi) is 4.45. The number of carbonyl (C=O) groups is 1. The number of aryl methyl sites for hydroxylation is 1. The van der Waals surface area contributed by atoms with Gasteiger partial charge in [-0.05, 0) is 61.1 Å². The molecule has 0 spiro atoms. The monoisotopic (exact) mass is 422 g/mol. The van der Waals surface area contributed by atoms with Crippen molar-refractivity contribution < 1.29 is 4.79 Å². The molecule has 3 heterocycles. The zero-order chi connectivity index (χ0) is 21.5. The standard InChI is InChI=1S/C25H22N6O/c32-25(27-12-17-11-26-14-28-17)16-7-5-15(6-8-16)24-19-4-2-1-3-18(19)23-20-13-29-31-21(20)9-10-22(23)30-24/h5-11,13-14H,1-4,12H2,(H,26,28)(H,27,32)(H,29,31). The number of carbonyl (C=O) groups excluding carboxylic acids is 1. The number of imidazole rings is 1. The normalized spacial score (nSPS) is 13.4. The first-order chi connectivity index (χ1) is 15.8. The zero-order valence-electron chi connectivity index (χ0n) is 17.5. The fourth-order valence-electron chi connectivity index (χ4n) is 4.73. The minimum absolute atomic E-state index is 0.115. The second kappa shape index (κ2) is 7.60. The summed E-state index contributed by atoms with van der Waals surface area (Å²) in [6.07, 6.45) is 9.72. The third-order valence-corrected chi connectivity index (χ3v) is 6.30. The number of hydrogen-bond acceptors (Lipinski definition) is 4. The molecule has 7 nitrogen and oxygen atoms in total. The Balaban J connectivity index is 1.37. The molecule has 1 amide bonds. The first kappa shape index (κ1) is 18.7. The predicted molar refractivity (Wildman–Crippen MR) is 123 cm³/mol. The molecule has 1 aliphatic rings. The van der Waals surface area contributed by atoms with E-state index in [0.29, 0.717) is 12.1 Å². The van der Waals surface area contributed by atoms with E-state index in [1.807, 2.05) is 36.5 Å². The minimum atomic E-state index is -0.115. The minimum Gasteiger partial charge on any atom is -0.351 e. The molecule has 0 fully saturated rings. The second-order valence-corrected chi connectivity index (χ2v) is 8.24. The Morgan fingerprint density at radius 3 is 2.69 bits per heavy atom. The Morgan fingerprint density at radius 2 is 1.88 bits per heavy atom. The first-order valence-corrected chi connectivity index (χ1v) is 10.9. The number of benzene rings is 2. The molecule has 158 valence electrons. The highest BCUT2D eigenvalue weighted by molar-refractivity contribution is 6.07. The average molecular weight is 422 g/mol. The topological polar surface area (TPSA) is 99.4 Å². The van der Waals surface area contributed by atoms with Crippen molar-refractivity contribution >= 4 is 27.7 Å². The SMILES string of the molecule is O=C(NCc1c[nH]cn1)c1ccc(-c2nc3ccc4[nH]ncc4c3c3c2CCCC3)cc1. The van der Waals surface area contributed by atoms with Gasteiger partial charge in [0.05, 0.1) is 41.5 Å². The maximum absolute atomic E-state index is 12.5. The van der Waals surface area contributed by atoms with E-state index in [2.05, 4.69) is 31.5 Å². The quantitative estimate of drug-likeness (QED) is 0.402. The molecule has 3 N–H and O–H groups in total.